The normalized spacial score (nSPS) is 16.0. The molecule has 1 unspecified atom stereocenters. The second kappa shape index (κ2) is 9.23. The molecule has 1 aliphatic rings. The Kier molecular flexibility index (Phi) is 6.73. The van der Waals surface area contributed by atoms with Crippen LogP contribution >= 0.6 is 11.8 Å². The molecule has 1 atom stereocenters. The summed E-state index contributed by atoms with van der Waals surface area (Å²) in [5, 5.41) is 8.67. The third-order valence-corrected chi connectivity index (χ3v) is 5.59. The number of nitrogens with zero attached hydrogens (tertiary/aromatic N) is 5. The lowest BCUT2D eigenvalue weighted by Gasteiger charge is -2.36. The zero-order chi connectivity index (χ0) is 19.2. The first kappa shape index (κ1) is 19.7. The van der Waals surface area contributed by atoms with Crippen molar-refractivity contribution in [2.45, 2.75) is 24.6 Å². The number of para-hydroxylation sites is 1. The maximum Gasteiger partial charge on any atom is 0.277 e. The van der Waals surface area contributed by atoms with Crippen LogP contribution in [0.1, 0.15) is 25.3 Å². The minimum atomic E-state index is 0.105. The predicted molar refractivity (Wildman–Crippen MR) is 107 cm³/mol. The minimum absolute atomic E-state index is 0.105. The van der Waals surface area contributed by atoms with E-state index in [0.717, 1.165) is 32.6 Å². The molecular weight excluding hydrogens is 362 g/mol. The lowest BCUT2D eigenvalue weighted by atomic mass is 10.2. The van der Waals surface area contributed by atoms with E-state index >= 15 is 0 Å². The first-order chi connectivity index (χ1) is 13.1. The van der Waals surface area contributed by atoms with Crippen LogP contribution in [0, 0.1) is 0 Å². The molecule has 1 amide bonds. The molecule has 2 aromatic rings. The van der Waals surface area contributed by atoms with Crippen molar-refractivity contribution in [3.63, 3.8) is 0 Å². The molecule has 8 heteroatoms. The molecule has 0 aliphatic carbocycles. The van der Waals surface area contributed by atoms with E-state index in [9.17, 15) is 4.79 Å². The zero-order valence-electron chi connectivity index (χ0n) is 16.2. The SMILES string of the molecule is CCC(c1nnc(SCC(=O)N2CCN(c3ccccc3)CC2)o1)N(C)C. The van der Waals surface area contributed by atoms with Crippen LogP contribution in [-0.4, -0.2) is 71.9 Å². The van der Waals surface area contributed by atoms with Crippen molar-refractivity contribution >= 4 is 23.4 Å². The maximum atomic E-state index is 12.5. The van der Waals surface area contributed by atoms with E-state index in [4.69, 9.17) is 4.42 Å². The van der Waals surface area contributed by atoms with Crippen molar-refractivity contribution in [2.24, 2.45) is 0 Å². The highest BCUT2D eigenvalue weighted by Gasteiger charge is 2.23. The lowest BCUT2D eigenvalue weighted by Crippen LogP contribution is -2.49. The lowest BCUT2D eigenvalue weighted by molar-refractivity contribution is -0.128. The largest absolute Gasteiger partial charge is 0.414 e. The Morgan fingerprint density at radius 3 is 2.52 bits per heavy atom. The number of aromatic nitrogens is 2. The first-order valence-corrected chi connectivity index (χ1v) is 10.3. The Morgan fingerprint density at radius 1 is 1.19 bits per heavy atom. The average molecular weight is 390 g/mol. The molecule has 0 radical (unpaired) electrons. The summed E-state index contributed by atoms with van der Waals surface area (Å²) in [5.41, 5.74) is 1.21. The monoisotopic (exact) mass is 389 g/mol. The zero-order valence-corrected chi connectivity index (χ0v) is 17.0. The number of amides is 1. The molecule has 1 aromatic heterocycles. The van der Waals surface area contributed by atoms with E-state index in [1.807, 2.05) is 37.2 Å². The van der Waals surface area contributed by atoms with Crippen LogP contribution < -0.4 is 4.90 Å². The van der Waals surface area contributed by atoms with Gasteiger partial charge in [0.25, 0.3) is 5.22 Å². The van der Waals surface area contributed by atoms with Gasteiger partial charge in [0.2, 0.25) is 11.8 Å². The summed E-state index contributed by atoms with van der Waals surface area (Å²) in [6, 6.07) is 10.4. The summed E-state index contributed by atoms with van der Waals surface area (Å²) in [7, 11) is 3.98. The van der Waals surface area contributed by atoms with Crippen LogP contribution in [0.5, 0.6) is 0 Å². The first-order valence-electron chi connectivity index (χ1n) is 9.29. The summed E-state index contributed by atoms with van der Waals surface area (Å²) in [6.45, 7) is 5.27. The number of piperazine rings is 1. The van der Waals surface area contributed by atoms with Gasteiger partial charge >= 0.3 is 0 Å². The fourth-order valence-electron chi connectivity index (χ4n) is 3.24. The van der Waals surface area contributed by atoms with Gasteiger partial charge in [-0.1, -0.05) is 36.9 Å². The molecule has 0 N–H and O–H groups in total. The van der Waals surface area contributed by atoms with Crippen LogP contribution in [0.15, 0.2) is 40.0 Å². The molecule has 27 heavy (non-hydrogen) atoms. The molecular formula is C19H27N5O2S. The van der Waals surface area contributed by atoms with Crippen LogP contribution in [0.2, 0.25) is 0 Å². The van der Waals surface area contributed by atoms with Crippen molar-refractivity contribution < 1.29 is 9.21 Å². The van der Waals surface area contributed by atoms with Crippen molar-refractivity contribution in [3.05, 3.63) is 36.2 Å². The van der Waals surface area contributed by atoms with E-state index in [2.05, 4.69) is 39.1 Å². The molecule has 1 saturated heterocycles. The van der Waals surface area contributed by atoms with Gasteiger partial charge in [-0.05, 0) is 32.6 Å². The van der Waals surface area contributed by atoms with Gasteiger partial charge in [0, 0.05) is 31.9 Å². The van der Waals surface area contributed by atoms with E-state index in [1.54, 1.807) is 0 Å². The molecule has 2 heterocycles. The number of hydrogen-bond donors (Lipinski definition) is 0. The van der Waals surface area contributed by atoms with Gasteiger partial charge in [0.15, 0.2) is 0 Å². The highest BCUT2D eigenvalue weighted by molar-refractivity contribution is 7.99. The number of carbonyl (C=O) groups is 1. The molecule has 146 valence electrons. The fourth-order valence-corrected chi connectivity index (χ4v) is 3.91. The van der Waals surface area contributed by atoms with Crippen LogP contribution in [0.3, 0.4) is 0 Å². The summed E-state index contributed by atoms with van der Waals surface area (Å²) >= 11 is 1.32. The van der Waals surface area contributed by atoms with E-state index in [0.29, 0.717) is 16.9 Å². The Hall–Kier alpha value is -2.06. The highest BCUT2D eigenvalue weighted by atomic mass is 32.2. The van der Waals surface area contributed by atoms with Crippen molar-refractivity contribution in [1.29, 1.82) is 0 Å². The van der Waals surface area contributed by atoms with E-state index in [1.165, 1.54) is 17.4 Å². The average Bonchev–Trinajstić information content (AvgIpc) is 3.16. The van der Waals surface area contributed by atoms with Gasteiger partial charge < -0.3 is 14.2 Å². The Labute approximate surface area is 164 Å². The standard InChI is InChI=1S/C19H27N5O2S/c1-4-16(22(2)3)18-20-21-19(26-18)27-14-17(25)24-12-10-23(11-13-24)15-8-6-5-7-9-15/h5-9,16H,4,10-14H2,1-3H3. The second-order valence-electron chi connectivity index (χ2n) is 6.79. The summed E-state index contributed by atoms with van der Waals surface area (Å²) in [6.07, 6.45) is 0.893. The third kappa shape index (κ3) is 5.01. The predicted octanol–water partition coefficient (Wildman–Crippen LogP) is 2.52. The minimum Gasteiger partial charge on any atom is -0.414 e. The molecule has 0 bridgehead atoms. The van der Waals surface area contributed by atoms with Gasteiger partial charge in [0.05, 0.1) is 11.8 Å². The van der Waals surface area contributed by atoms with E-state index in [-0.39, 0.29) is 11.9 Å². The Bertz CT molecular complexity index is 729. The van der Waals surface area contributed by atoms with Gasteiger partial charge in [0.1, 0.15) is 0 Å². The number of thioether (sulfide) groups is 1. The topological polar surface area (TPSA) is 65.7 Å². The second-order valence-corrected chi connectivity index (χ2v) is 7.71. The van der Waals surface area contributed by atoms with Gasteiger partial charge in [-0.3, -0.25) is 9.69 Å². The molecule has 0 spiro atoms. The van der Waals surface area contributed by atoms with Gasteiger partial charge in [-0.2, -0.15) is 0 Å². The number of benzene rings is 1. The van der Waals surface area contributed by atoms with Crippen LogP contribution in [0.4, 0.5) is 5.69 Å². The summed E-state index contributed by atoms with van der Waals surface area (Å²) in [4.78, 5) is 18.8. The number of hydrogen-bond acceptors (Lipinski definition) is 7. The van der Waals surface area contributed by atoms with Crippen LogP contribution in [0.25, 0.3) is 0 Å². The maximum absolute atomic E-state index is 12.5. The third-order valence-electron chi connectivity index (χ3n) is 4.79. The Balaban J connectivity index is 1.47. The van der Waals surface area contributed by atoms with Crippen molar-refractivity contribution in [3.8, 4) is 0 Å². The number of anilines is 1. The quantitative estimate of drug-likeness (QED) is 0.674. The molecule has 7 nitrogen and oxygen atoms in total. The smallest absolute Gasteiger partial charge is 0.277 e. The highest BCUT2D eigenvalue weighted by Crippen LogP contribution is 2.24. The summed E-state index contributed by atoms with van der Waals surface area (Å²) < 4.78 is 5.73. The Morgan fingerprint density at radius 2 is 1.89 bits per heavy atom. The van der Waals surface area contributed by atoms with E-state index < -0.39 is 0 Å². The molecule has 1 aromatic carbocycles. The summed E-state index contributed by atoms with van der Waals surface area (Å²) in [5.74, 6) is 1.05. The van der Waals surface area contributed by atoms with Gasteiger partial charge in [-0.25, -0.2) is 0 Å². The van der Waals surface area contributed by atoms with Crippen molar-refractivity contribution in [2.75, 3.05) is 50.9 Å². The fraction of sp³-hybridized carbons (Fsp3) is 0.526. The number of carbonyl (C=O) groups excluding carboxylic acids is 1. The number of rotatable bonds is 7. The molecule has 1 aliphatic heterocycles. The molecule has 0 saturated carbocycles. The van der Waals surface area contributed by atoms with Gasteiger partial charge in [-0.15, -0.1) is 10.2 Å². The molecule has 1 fully saturated rings. The van der Waals surface area contributed by atoms with Crippen molar-refractivity contribution in [1.82, 2.24) is 20.0 Å². The molecule has 3 rings (SSSR count). The van der Waals surface area contributed by atoms with Crippen LogP contribution in [-0.2, 0) is 4.79 Å².